The van der Waals surface area contributed by atoms with Crippen LogP contribution in [-0.4, -0.2) is 27.5 Å². The zero-order chi connectivity index (χ0) is 20.3. The van der Waals surface area contributed by atoms with Gasteiger partial charge in [-0.3, -0.25) is 4.79 Å². The smallest absolute Gasteiger partial charge is 0.241 e. The highest BCUT2D eigenvalue weighted by atomic mass is 32.2. The molecule has 0 radical (unpaired) electrons. The molecule has 0 aliphatic carbocycles. The van der Waals surface area contributed by atoms with Crippen molar-refractivity contribution in [3.05, 3.63) is 59.2 Å². The molecule has 0 spiro atoms. The molecular weight excluding hydrogens is 380 g/mol. The van der Waals surface area contributed by atoms with E-state index < -0.39 is 16.1 Å². The van der Waals surface area contributed by atoms with E-state index in [1.54, 1.807) is 12.1 Å². The first-order chi connectivity index (χ1) is 13.3. The Hall–Kier alpha value is -2.46. The fourth-order valence-electron chi connectivity index (χ4n) is 3.21. The van der Waals surface area contributed by atoms with Gasteiger partial charge in [-0.2, -0.15) is 0 Å². The second-order valence-corrected chi connectivity index (χ2v) is 8.32. The number of hydrogen-bond donors (Lipinski definition) is 4. The number of hydrogen-bond acceptors (Lipinski definition) is 6. The molecule has 2 unspecified atom stereocenters. The van der Waals surface area contributed by atoms with Crippen molar-refractivity contribution in [3.8, 4) is 5.75 Å². The summed E-state index contributed by atoms with van der Waals surface area (Å²) in [7, 11) is -2.54. The van der Waals surface area contributed by atoms with Gasteiger partial charge in [-0.05, 0) is 36.6 Å². The summed E-state index contributed by atoms with van der Waals surface area (Å²) < 4.78 is 28.7. The molecule has 2 atom stereocenters. The highest BCUT2D eigenvalue weighted by molar-refractivity contribution is 7.89. The fourth-order valence-corrected chi connectivity index (χ4v) is 3.95. The molecule has 1 aliphatic rings. The third-order valence-electron chi connectivity index (χ3n) is 4.67. The van der Waals surface area contributed by atoms with Gasteiger partial charge in [0.15, 0.2) is 0 Å². The van der Waals surface area contributed by atoms with Crippen LogP contribution in [0.3, 0.4) is 0 Å². The number of carbonyl (C=O) groups is 1. The van der Waals surface area contributed by atoms with E-state index in [1.165, 1.54) is 13.2 Å². The number of nitrogens with two attached hydrogens (primary N) is 1. The maximum absolute atomic E-state index is 12.5. The van der Waals surface area contributed by atoms with Gasteiger partial charge in [0.1, 0.15) is 16.7 Å². The summed E-state index contributed by atoms with van der Waals surface area (Å²) in [5.41, 5.74) is 8.87. The molecule has 0 aromatic heterocycles. The molecule has 1 saturated heterocycles. The van der Waals surface area contributed by atoms with E-state index in [4.69, 9.17) is 9.88 Å². The maximum Gasteiger partial charge on any atom is 0.241 e. The third-order valence-corrected chi connectivity index (χ3v) is 5.60. The van der Waals surface area contributed by atoms with Crippen LogP contribution in [0, 0.1) is 6.92 Å². The Kier molecular flexibility index (Phi) is 5.99. The molecule has 5 N–H and O–H groups in total. The molecule has 9 heteroatoms. The van der Waals surface area contributed by atoms with Gasteiger partial charge in [0, 0.05) is 12.6 Å². The first-order valence-corrected chi connectivity index (χ1v) is 10.4. The number of aryl methyl sites for hydroxylation is 1. The van der Waals surface area contributed by atoms with Crippen molar-refractivity contribution in [1.29, 1.82) is 0 Å². The summed E-state index contributed by atoms with van der Waals surface area (Å²) in [6.07, 6.45) is 0.468. The number of nitrogens with one attached hydrogen (secondary N) is 3. The molecule has 150 valence electrons. The maximum atomic E-state index is 12.5. The minimum atomic E-state index is -3.92. The minimum absolute atomic E-state index is 0.0818. The number of amides is 1. The Morgan fingerprint density at radius 1 is 1.25 bits per heavy atom. The molecule has 3 rings (SSSR count). The first-order valence-electron chi connectivity index (χ1n) is 8.83. The van der Waals surface area contributed by atoms with Crippen LogP contribution in [0.25, 0.3) is 0 Å². The average molecular weight is 404 g/mol. The molecule has 1 amide bonds. The van der Waals surface area contributed by atoms with Gasteiger partial charge in [0.05, 0.1) is 7.11 Å². The fraction of sp³-hybridized carbons (Fsp3) is 0.316. The number of ether oxygens (including phenoxy) is 1. The Morgan fingerprint density at radius 3 is 2.71 bits per heavy atom. The van der Waals surface area contributed by atoms with Crippen LogP contribution < -0.4 is 26.0 Å². The molecule has 28 heavy (non-hydrogen) atoms. The van der Waals surface area contributed by atoms with Crippen molar-refractivity contribution in [3.63, 3.8) is 0 Å². The normalized spacial score (nSPS) is 19.4. The molecule has 0 bridgehead atoms. The summed E-state index contributed by atoms with van der Waals surface area (Å²) >= 11 is 0. The summed E-state index contributed by atoms with van der Waals surface area (Å²) in [4.78, 5) is 12.4. The molecule has 1 heterocycles. The van der Waals surface area contributed by atoms with Gasteiger partial charge < -0.3 is 10.1 Å². The number of sulfonamides is 1. The first kappa shape index (κ1) is 20.3. The van der Waals surface area contributed by atoms with Crippen LogP contribution >= 0.6 is 0 Å². The van der Waals surface area contributed by atoms with Gasteiger partial charge >= 0.3 is 0 Å². The summed E-state index contributed by atoms with van der Waals surface area (Å²) in [5.74, 6) is 0.0568. The predicted octanol–water partition coefficient (Wildman–Crippen LogP) is 0.875. The van der Waals surface area contributed by atoms with Gasteiger partial charge in [0.25, 0.3) is 0 Å². The quantitative estimate of drug-likeness (QED) is 0.567. The highest BCUT2D eigenvalue weighted by Crippen LogP contribution is 2.29. The Labute approximate surface area is 164 Å². The lowest BCUT2D eigenvalue weighted by molar-refractivity contribution is -0.123. The molecule has 8 nitrogen and oxygen atoms in total. The number of primary sulfonamides is 1. The second kappa shape index (κ2) is 8.27. The van der Waals surface area contributed by atoms with Gasteiger partial charge in [-0.1, -0.05) is 35.9 Å². The second-order valence-electron chi connectivity index (χ2n) is 6.79. The summed E-state index contributed by atoms with van der Waals surface area (Å²) in [5, 5.41) is 8.19. The van der Waals surface area contributed by atoms with Crippen LogP contribution in [0.5, 0.6) is 5.75 Å². The van der Waals surface area contributed by atoms with Gasteiger partial charge in [0.2, 0.25) is 15.9 Å². The van der Waals surface area contributed by atoms with E-state index in [0.717, 1.165) is 11.1 Å². The Morgan fingerprint density at radius 2 is 2.04 bits per heavy atom. The number of benzene rings is 2. The molecular formula is C19H24N4O4S. The molecule has 0 saturated carbocycles. The largest absolute Gasteiger partial charge is 0.495 e. The molecule has 2 aromatic carbocycles. The van der Waals surface area contributed by atoms with Crippen LogP contribution in [0.15, 0.2) is 47.4 Å². The van der Waals surface area contributed by atoms with Crippen molar-refractivity contribution in [2.75, 3.05) is 7.11 Å². The lowest BCUT2D eigenvalue weighted by Crippen LogP contribution is -2.42. The monoisotopic (exact) mass is 404 g/mol. The van der Waals surface area contributed by atoms with E-state index in [-0.39, 0.29) is 22.6 Å². The standard InChI is InChI=1S/C19H24N4O4S/c1-12-4-3-5-13(8-12)11-21-19(24)16-10-15(22-23-16)14-6-7-17(27-2)18(9-14)28(20,25)26/h3-9,15-16,22-23H,10-11H2,1-2H3,(H,21,24)(H2,20,25,26). The van der Waals surface area contributed by atoms with Crippen molar-refractivity contribution < 1.29 is 17.9 Å². The summed E-state index contributed by atoms with van der Waals surface area (Å²) in [6.45, 7) is 2.45. The van der Waals surface area contributed by atoms with E-state index in [9.17, 15) is 13.2 Å². The highest BCUT2D eigenvalue weighted by Gasteiger charge is 2.31. The number of methoxy groups -OCH3 is 1. The average Bonchev–Trinajstić information content (AvgIpc) is 3.15. The van der Waals surface area contributed by atoms with E-state index in [0.29, 0.717) is 18.5 Å². The zero-order valence-electron chi connectivity index (χ0n) is 15.7. The van der Waals surface area contributed by atoms with Crippen molar-refractivity contribution in [1.82, 2.24) is 16.2 Å². The minimum Gasteiger partial charge on any atom is -0.495 e. The van der Waals surface area contributed by atoms with E-state index in [1.807, 2.05) is 31.2 Å². The van der Waals surface area contributed by atoms with Gasteiger partial charge in [-0.15, -0.1) is 0 Å². The van der Waals surface area contributed by atoms with Crippen molar-refractivity contribution in [2.45, 2.75) is 36.9 Å². The molecule has 1 aliphatic heterocycles. The zero-order valence-corrected chi connectivity index (χ0v) is 16.5. The SMILES string of the molecule is COc1ccc(C2CC(C(=O)NCc3cccc(C)c3)NN2)cc1S(N)(=O)=O. The number of rotatable bonds is 6. The van der Waals surface area contributed by atoms with Crippen LogP contribution in [-0.2, 0) is 21.4 Å². The third kappa shape index (κ3) is 4.68. The summed E-state index contributed by atoms with van der Waals surface area (Å²) in [6, 6.07) is 12.1. The Balaban J connectivity index is 1.65. The van der Waals surface area contributed by atoms with Crippen LogP contribution in [0.4, 0.5) is 0 Å². The topological polar surface area (TPSA) is 123 Å². The lowest BCUT2D eigenvalue weighted by Gasteiger charge is -2.13. The van der Waals surface area contributed by atoms with E-state index in [2.05, 4.69) is 16.2 Å². The molecule has 2 aromatic rings. The van der Waals surface area contributed by atoms with Crippen molar-refractivity contribution >= 4 is 15.9 Å². The number of hydrazine groups is 1. The molecule has 1 fully saturated rings. The van der Waals surface area contributed by atoms with E-state index >= 15 is 0 Å². The van der Waals surface area contributed by atoms with Gasteiger partial charge in [-0.25, -0.2) is 24.4 Å². The predicted molar refractivity (Wildman–Crippen MR) is 105 cm³/mol. The van der Waals surface area contributed by atoms with Crippen LogP contribution in [0.1, 0.15) is 29.2 Å². The lowest BCUT2D eigenvalue weighted by atomic mass is 10.0. The Bertz CT molecular complexity index is 978. The van der Waals surface area contributed by atoms with Crippen LogP contribution in [0.2, 0.25) is 0 Å². The number of carbonyl (C=O) groups excluding carboxylic acids is 1. The van der Waals surface area contributed by atoms with Crippen molar-refractivity contribution in [2.24, 2.45) is 5.14 Å².